The highest BCUT2D eigenvalue weighted by Gasteiger charge is 2.43. The molecule has 0 aromatic heterocycles. The SMILES string of the molecule is COCCCCC1(CNC(=O)C2CC(NS(C)(=O)=O)CN(C(=O)OCC3c4ccccc4-c4ccccc43)C2)c2ccccc2Oc2ccccc21. The lowest BCUT2D eigenvalue weighted by atomic mass is 9.69. The third-order valence-electron chi connectivity index (χ3n) is 10.6. The van der Waals surface area contributed by atoms with Crippen LogP contribution in [-0.4, -0.2) is 77.6 Å². The van der Waals surface area contributed by atoms with E-state index < -0.39 is 33.5 Å². The van der Waals surface area contributed by atoms with Gasteiger partial charge in [0.15, 0.2) is 0 Å². The number of methoxy groups -OCH3 is 1. The second-order valence-electron chi connectivity index (χ2n) is 14.1. The van der Waals surface area contributed by atoms with Crippen LogP contribution in [0.2, 0.25) is 0 Å². The van der Waals surface area contributed by atoms with Gasteiger partial charge in [-0.1, -0.05) is 84.9 Å². The Morgan fingerprint density at radius 2 is 1.44 bits per heavy atom. The molecule has 0 radical (unpaired) electrons. The number of hydrogen-bond acceptors (Lipinski definition) is 7. The van der Waals surface area contributed by atoms with Gasteiger partial charge in [-0.25, -0.2) is 17.9 Å². The molecule has 0 spiro atoms. The first-order valence-electron chi connectivity index (χ1n) is 17.9. The number of carbonyl (C=O) groups excluding carboxylic acids is 2. The lowest BCUT2D eigenvalue weighted by Crippen LogP contribution is -2.56. The van der Waals surface area contributed by atoms with Gasteiger partial charge >= 0.3 is 6.09 Å². The van der Waals surface area contributed by atoms with Crippen LogP contribution in [0.4, 0.5) is 4.79 Å². The lowest BCUT2D eigenvalue weighted by molar-refractivity contribution is -0.127. The number of ether oxygens (including phenoxy) is 3. The molecule has 4 aromatic rings. The number of rotatable bonds is 12. The van der Waals surface area contributed by atoms with Crippen molar-refractivity contribution in [1.29, 1.82) is 0 Å². The van der Waals surface area contributed by atoms with Gasteiger partial charge in [0, 0.05) is 61.9 Å². The van der Waals surface area contributed by atoms with Gasteiger partial charge in [0.05, 0.1) is 12.2 Å². The minimum atomic E-state index is -3.62. The molecule has 2 atom stereocenters. The van der Waals surface area contributed by atoms with Crippen molar-refractivity contribution >= 4 is 22.0 Å². The summed E-state index contributed by atoms with van der Waals surface area (Å²) in [7, 11) is -1.93. The number of likely N-dealkylation sites (tertiary alicyclic amines) is 1. The highest BCUT2D eigenvalue weighted by atomic mass is 32.2. The number of piperidine rings is 1. The summed E-state index contributed by atoms with van der Waals surface area (Å²) in [5.41, 5.74) is 5.84. The highest BCUT2D eigenvalue weighted by molar-refractivity contribution is 7.88. The summed E-state index contributed by atoms with van der Waals surface area (Å²) in [6, 6.07) is 31.4. The number of benzene rings is 4. The van der Waals surface area contributed by atoms with E-state index in [1.807, 2.05) is 60.7 Å². The molecule has 0 saturated carbocycles. The zero-order valence-electron chi connectivity index (χ0n) is 29.5. The van der Waals surface area contributed by atoms with E-state index in [1.165, 1.54) is 4.90 Å². The van der Waals surface area contributed by atoms with Crippen LogP contribution < -0.4 is 14.8 Å². The topological polar surface area (TPSA) is 123 Å². The van der Waals surface area contributed by atoms with Crippen molar-refractivity contribution in [3.05, 3.63) is 119 Å². The summed E-state index contributed by atoms with van der Waals surface area (Å²) in [5.74, 6) is 0.436. The molecule has 0 bridgehead atoms. The molecular formula is C41H45N3O7S. The van der Waals surface area contributed by atoms with Crippen LogP contribution in [0.5, 0.6) is 11.5 Å². The van der Waals surface area contributed by atoms with Crippen LogP contribution in [0.3, 0.4) is 0 Å². The molecule has 10 nitrogen and oxygen atoms in total. The normalized spacial score (nSPS) is 18.7. The Balaban J connectivity index is 1.10. The molecule has 1 aliphatic carbocycles. The maximum Gasteiger partial charge on any atom is 0.409 e. The molecular weight excluding hydrogens is 679 g/mol. The largest absolute Gasteiger partial charge is 0.457 e. The average Bonchev–Trinajstić information content (AvgIpc) is 3.47. The van der Waals surface area contributed by atoms with Crippen molar-refractivity contribution in [3.8, 4) is 22.6 Å². The van der Waals surface area contributed by atoms with Crippen molar-refractivity contribution in [1.82, 2.24) is 14.9 Å². The molecule has 1 saturated heterocycles. The van der Waals surface area contributed by atoms with Crippen LogP contribution in [0.15, 0.2) is 97.1 Å². The summed E-state index contributed by atoms with van der Waals surface area (Å²) in [6.45, 7) is 1.24. The summed E-state index contributed by atoms with van der Waals surface area (Å²) in [4.78, 5) is 29.4. The van der Waals surface area contributed by atoms with Crippen LogP contribution in [-0.2, 0) is 29.7 Å². The van der Waals surface area contributed by atoms with Gasteiger partial charge in [-0.05, 0) is 60.1 Å². The molecule has 2 N–H and O–H groups in total. The van der Waals surface area contributed by atoms with Crippen molar-refractivity contribution < 1.29 is 32.2 Å². The first-order valence-corrected chi connectivity index (χ1v) is 19.8. The summed E-state index contributed by atoms with van der Waals surface area (Å²) in [5, 5.41) is 3.25. The fraction of sp³-hybridized carbons (Fsp3) is 0.366. The number of unbranched alkanes of at least 4 members (excludes halogenated alkanes) is 1. The molecule has 1 fully saturated rings. The van der Waals surface area contributed by atoms with Crippen LogP contribution in [0.1, 0.15) is 53.9 Å². The molecule has 272 valence electrons. The number of nitrogens with zero attached hydrogens (tertiary/aromatic N) is 1. The second-order valence-corrected chi connectivity index (χ2v) is 15.9. The van der Waals surface area contributed by atoms with Crippen LogP contribution >= 0.6 is 0 Å². The van der Waals surface area contributed by atoms with E-state index in [2.05, 4.69) is 46.4 Å². The summed E-state index contributed by atoms with van der Waals surface area (Å²) < 4.78 is 45.0. The van der Waals surface area contributed by atoms with Crippen molar-refractivity contribution in [2.24, 2.45) is 5.92 Å². The molecule has 52 heavy (non-hydrogen) atoms. The zero-order chi connectivity index (χ0) is 36.3. The van der Waals surface area contributed by atoms with E-state index in [0.717, 1.165) is 70.4 Å². The van der Waals surface area contributed by atoms with Crippen molar-refractivity contribution in [2.75, 3.05) is 46.2 Å². The van der Waals surface area contributed by atoms with Gasteiger partial charge in [-0.2, -0.15) is 0 Å². The standard InChI is InChI=1S/C41H45N3O7S/c1-49-22-12-11-21-41(35-17-7-9-19-37(35)51-38-20-10-8-18-36(38)41)27-42-39(45)28-23-29(43-52(2,47)48)25-44(24-28)40(46)50-26-34-32-15-5-3-13-30(32)31-14-4-6-16-33(31)34/h3-10,13-20,28-29,34,43H,11-12,21-27H2,1-2H3,(H,42,45). The quantitative estimate of drug-likeness (QED) is 0.167. The first-order chi connectivity index (χ1) is 25.2. The Morgan fingerprint density at radius 3 is 2.06 bits per heavy atom. The van der Waals surface area contributed by atoms with Gasteiger partial charge in [0.1, 0.15) is 18.1 Å². The molecule has 7 rings (SSSR count). The Morgan fingerprint density at radius 1 is 0.846 bits per heavy atom. The summed E-state index contributed by atoms with van der Waals surface area (Å²) >= 11 is 0. The minimum Gasteiger partial charge on any atom is -0.457 e. The Labute approximate surface area is 305 Å². The highest BCUT2D eigenvalue weighted by Crippen LogP contribution is 2.50. The molecule has 2 unspecified atom stereocenters. The number of para-hydroxylation sites is 2. The number of carbonyl (C=O) groups is 2. The smallest absolute Gasteiger partial charge is 0.409 e. The molecule has 2 heterocycles. The predicted octanol–water partition coefficient (Wildman–Crippen LogP) is 6.20. The Hall–Kier alpha value is -4.71. The Bertz CT molecular complexity index is 1960. The zero-order valence-corrected chi connectivity index (χ0v) is 30.4. The van der Waals surface area contributed by atoms with E-state index in [9.17, 15) is 18.0 Å². The van der Waals surface area contributed by atoms with E-state index in [4.69, 9.17) is 14.2 Å². The van der Waals surface area contributed by atoms with Gasteiger partial charge in [0.25, 0.3) is 0 Å². The van der Waals surface area contributed by atoms with Gasteiger partial charge < -0.3 is 24.4 Å². The second kappa shape index (κ2) is 15.1. The summed E-state index contributed by atoms with van der Waals surface area (Å²) in [6.07, 6.45) is 3.19. The van der Waals surface area contributed by atoms with Crippen molar-refractivity contribution in [2.45, 2.75) is 43.1 Å². The average molecular weight is 724 g/mol. The molecule has 11 heteroatoms. The van der Waals surface area contributed by atoms with Crippen molar-refractivity contribution in [3.63, 3.8) is 0 Å². The first kappa shape index (κ1) is 35.7. The minimum absolute atomic E-state index is 0.0923. The fourth-order valence-electron chi connectivity index (χ4n) is 8.28. The predicted molar refractivity (Wildman–Crippen MR) is 199 cm³/mol. The maximum absolute atomic E-state index is 14.2. The van der Waals surface area contributed by atoms with Gasteiger partial charge in [-0.15, -0.1) is 0 Å². The fourth-order valence-corrected chi connectivity index (χ4v) is 9.06. The number of nitrogens with one attached hydrogen (secondary N) is 2. The molecule has 3 aliphatic rings. The van der Waals surface area contributed by atoms with Crippen LogP contribution in [0, 0.1) is 5.92 Å². The monoisotopic (exact) mass is 723 g/mol. The third kappa shape index (κ3) is 7.30. The lowest BCUT2D eigenvalue weighted by Gasteiger charge is -2.41. The van der Waals surface area contributed by atoms with Gasteiger partial charge in [0.2, 0.25) is 15.9 Å². The van der Waals surface area contributed by atoms with E-state index in [0.29, 0.717) is 13.2 Å². The molecule has 2 aliphatic heterocycles. The van der Waals surface area contributed by atoms with Gasteiger partial charge in [-0.3, -0.25) is 4.79 Å². The Kier molecular flexibility index (Phi) is 10.4. The van der Waals surface area contributed by atoms with Crippen LogP contribution in [0.25, 0.3) is 11.1 Å². The van der Waals surface area contributed by atoms with E-state index in [1.54, 1.807) is 7.11 Å². The number of hydrogen-bond donors (Lipinski definition) is 2. The number of fused-ring (bicyclic) bond motifs is 5. The number of amides is 2. The molecule has 2 amide bonds. The van der Waals surface area contributed by atoms with E-state index >= 15 is 0 Å². The number of sulfonamides is 1. The van der Waals surface area contributed by atoms with E-state index in [-0.39, 0.29) is 37.9 Å². The molecule has 4 aromatic carbocycles. The maximum atomic E-state index is 14.2. The third-order valence-corrected chi connectivity index (χ3v) is 11.3.